The maximum absolute atomic E-state index is 10.9. The normalized spacial score (nSPS) is 14.0. The van der Waals surface area contributed by atoms with Crippen molar-refractivity contribution in [3.8, 4) is 0 Å². The van der Waals surface area contributed by atoms with E-state index in [4.69, 9.17) is 0 Å². The number of fused-ring (bicyclic) bond motifs is 1. The van der Waals surface area contributed by atoms with Crippen molar-refractivity contribution in [1.82, 2.24) is 15.2 Å². The van der Waals surface area contributed by atoms with Gasteiger partial charge in [-0.25, -0.2) is 0 Å². The van der Waals surface area contributed by atoms with Crippen molar-refractivity contribution in [3.05, 3.63) is 94.4 Å². The van der Waals surface area contributed by atoms with Crippen LogP contribution in [-0.4, -0.2) is 46.3 Å². The SMILES string of the molecule is O=[N+]([O-])c1ccc(N2CCN(c3nnc(Cc4cccnc4)c4ccccc34)CC2)cc1. The van der Waals surface area contributed by atoms with E-state index in [-0.39, 0.29) is 10.6 Å². The molecule has 0 bridgehead atoms. The number of aromatic nitrogens is 3. The molecular formula is C24H22N6O2. The van der Waals surface area contributed by atoms with Gasteiger partial charge in [-0.05, 0) is 23.8 Å². The van der Waals surface area contributed by atoms with Crippen LogP contribution in [0.3, 0.4) is 0 Å². The van der Waals surface area contributed by atoms with Crippen LogP contribution in [0.4, 0.5) is 17.2 Å². The van der Waals surface area contributed by atoms with Crippen LogP contribution in [0.2, 0.25) is 0 Å². The van der Waals surface area contributed by atoms with E-state index < -0.39 is 0 Å². The fourth-order valence-corrected chi connectivity index (χ4v) is 4.17. The molecule has 0 amide bonds. The second-order valence-corrected chi connectivity index (χ2v) is 7.80. The molecule has 1 saturated heterocycles. The quantitative estimate of drug-likeness (QED) is 0.354. The molecule has 0 unspecified atom stereocenters. The Labute approximate surface area is 185 Å². The minimum atomic E-state index is -0.372. The number of pyridine rings is 1. The van der Waals surface area contributed by atoms with E-state index in [1.807, 2.05) is 36.5 Å². The van der Waals surface area contributed by atoms with Crippen LogP contribution in [0.1, 0.15) is 11.3 Å². The highest BCUT2D eigenvalue weighted by Gasteiger charge is 2.22. The summed E-state index contributed by atoms with van der Waals surface area (Å²) in [5, 5.41) is 22.3. The number of nitrogens with zero attached hydrogens (tertiary/aromatic N) is 6. The van der Waals surface area contributed by atoms with Crippen LogP contribution in [0.5, 0.6) is 0 Å². The number of anilines is 2. The van der Waals surface area contributed by atoms with Gasteiger partial charge in [0.25, 0.3) is 5.69 Å². The molecule has 0 radical (unpaired) electrons. The molecule has 2 aromatic carbocycles. The number of nitro benzene ring substituents is 1. The Morgan fingerprint density at radius 3 is 2.25 bits per heavy atom. The van der Waals surface area contributed by atoms with Gasteiger partial charge in [-0.2, -0.15) is 5.10 Å². The van der Waals surface area contributed by atoms with Crippen LogP contribution in [-0.2, 0) is 6.42 Å². The van der Waals surface area contributed by atoms with Crippen LogP contribution < -0.4 is 9.80 Å². The molecule has 1 fully saturated rings. The average Bonchev–Trinajstić information content (AvgIpc) is 2.85. The summed E-state index contributed by atoms with van der Waals surface area (Å²) < 4.78 is 0. The van der Waals surface area contributed by atoms with E-state index in [9.17, 15) is 10.1 Å². The lowest BCUT2D eigenvalue weighted by Gasteiger charge is -2.37. The first-order valence-corrected chi connectivity index (χ1v) is 10.6. The summed E-state index contributed by atoms with van der Waals surface area (Å²) in [6.07, 6.45) is 4.32. The van der Waals surface area contributed by atoms with Crippen molar-refractivity contribution < 1.29 is 4.92 Å². The Morgan fingerprint density at radius 1 is 0.844 bits per heavy atom. The zero-order chi connectivity index (χ0) is 21.9. The van der Waals surface area contributed by atoms with Crippen molar-refractivity contribution in [2.45, 2.75) is 6.42 Å². The molecule has 0 N–H and O–H groups in total. The van der Waals surface area contributed by atoms with Crippen molar-refractivity contribution in [2.24, 2.45) is 0 Å². The molecular weight excluding hydrogens is 404 g/mol. The number of hydrogen-bond acceptors (Lipinski definition) is 7. The van der Waals surface area contributed by atoms with Gasteiger partial charge in [-0.15, -0.1) is 5.10 Å². The third-order valence-electron chi connectivity index (χ3n) is 5.84. The first-order valence-electron chi connectivity index (χ1n) is 10.6. The van der Waals surface area contributed by atoms with Gasteiger partial charge in [0.15, 0.2) is 5.82 Å². The lowest BCUT2D eigenvalue weighted by atomic mass is 10.0. The molecule has 160 valence electrons. The second kappa shape index (κ2) is 8.58. The Bertz CT molecular complexity index is 1240. The molecule has 8 nitrogen and oxygen atoms in total. The molecule has 0 saturated carbocycles. The maximum atomic E-state index is 10.9. The molecule has 1 aliphatic rings. The van der Waals surface area contributed by atoms with Crippen molar-refractivity contribution in [2.75, 3.05) is 36.0 Å². The largest absolute Gasteiger partial charge is 0.368 e. The third kappa shape index (κ3) is 3.94. The predicted molar refractivity (Wildman–Crippen MR) is 124 cm³/mol. The molecule has 1 aliphatic heterocycles. The zero-order valence-corrected chi connectivity index (χ0v) is 17.5. The summed E-state index contributed by atoms with van der Waals surface area (Å²) in [5.74, 6) is 0.902. The van der Waals surface area contributed by atoms with E-state index in [0.29, 0.717) is 6.42 Å². The molecule has 8 heteroatoms. The summed E-state index contributed by atoms with van der Waals surface area (Å²) in [7, 11) is 0. The standard InChI is InChI=1S/C24H22N6O2/c31-30(32)20-9-7-19(8-10-20)28-12-14-29(15-13-28)24-22-6-2-1-5-21(22)23(26-27-24)16-18-4-3-11-25-17-18/h1-11,17H,12-16H2. The molecule has 0 spiro atoms. The van der Waals surface area contributed by atoms with Gasteiger partial charge in [-0.3, -0.25) is 15.1 Å². The van der Waals surface area contributed by atoms with Gasteiger partial charge in [0.2, 0.25) is 0 Å². The van der Waals surface area contributed by atoms with Crippen LogP contribution in [0.15, 0.2) is 73.1 Å². The van der Waals surface area contributed by atoms with E-state index in [0.717, 1.165) is 59.7 Å². The maximum Gasteiger partial charge on any atom is 0.269 e. The smallest absolute Gasteiger partial charge is 0.269 e. The van der Waals surface area contributed by atoms with Gasteiger partial charge >= 0.3 is 0 Å². The Kier molecular flexibility index (Phi) is 5.33. The number of benzene rings is 2. The Balaban J connectivity index is 1.35. The number of rotatable bonds is 5. The van der Waals surface area contributed by atoms with E-state index >= 15 is 0 Å². The first-order chi connectivity index (χ1) is 15.7. The van der Waals surface area contributed by atoms with Gasteiger partial charge in [0, 0.05) is 73.6 Å². The number of non-ortho nitro benzene ring substituents is 1. The Morgan fingerprint density at radius 2 is 1.56 bits per heavy atom. The van der Waals surface area contributed by atoms with Crippen LogP contribution in [0.25, 0.3) is 10.8 Å². The molecule has 0 atom stereocenters. The Hall–Kier alpha value is -4.07. The molecule has 4 aromatic rings. The fourth-order valence-electron chi connectivity index (χ4n) is 4.17. The number of piperazine rings is 1. The summed E-state index contributed by atoms with van der Waals surface area (Å²) in [6, 6.07) is 19.0. The highest BCUT2D eigenvalue weighted by atomic mass is 16.6. The average molecular weight is 426 g/mol. The van der Waals surface area contributed by atoms with Gasteiger partial charge in [0.1, 0.15) is 0 Å². The van der Waals surface area contributed by atoms with Crippen LogP contribution in [0, 0.1) is 10.1 Å². The van der Waals surface area contributed by atoms with Crippen molar-refractivity contribution >= 4 is 28.0 Å². The van der Waals surface area contributed by atoms with Crippen molar-refractivity contribution in [3.63, 3.8) is 0 Å². The monoisotopic (exact) mass is 426 g/mol. The van der Waals surface area contributed by atoms with E-state index in [1.54, 1.807) is 18.3 Å². The molecule has 5 rings (SSSR count). The zero-order valence-electron chi connectivity index (χ0n) is 17.5. The van der Waals surface area contributed by atoms with Gasteiger partial charge < -0.3 is 9.80 Å². The highest BCUT2D eigenvalue weighted by molar-refractivity contribution is 5.93. The topological polar surface area (TPSA) is 88.3 Å². The first kappa shape index (κ1) is 19.9. The molecule has 32 heavy (non-hydrogen) atoms. The van der Waals surface area contributed by atoms with Crippen molar-refractivity contribution in [1.29, 1.82) is 0 Å². The summed E-state index contributed by atoms with van der Waals surface area (Å²) in [4.78, 5) is 19.2. The molecule has 3 heterocycles. The third-order valence-corrected chi connectivity index (χ3v) is 5.84. The minimum Gasteiger partial charge on any atom is -0.368 e. The summed E-state index contributed by atoms with van der Waals surface area (Å²) in [6.45, 7) is 3.23. The molecule has 0 aliphatic carbocycles. The minimum absolute atomic E-state index is 0.112. The lowest BCUT2D eigenvalue weighted by molar-refractivity contribution is -0.384. The summed E-state index contributed by atoms with van der Waals surface area (Å²) in [5.41, 5.74) is 3.16. The predicted octanol–water partition coefficient (Wildman–Crippen LogP) is 3.85. The molecule has 2 aromatic heterocycles. The summed E-state index contributed by atoms with van der Waals surface area (Å²) >= 11 is 0. The lowest BCUT2D eigenvalue weighted by Crippen LogP contribution is -2.47. The second-order valence-electron chi connectivity index (χ2n) is 7.80. The number of nitro groups is 1. The number of hydrogen-bond donors (Lipinski definition) is 0. The van der Waals surface area contributed by atoms with E-state index in [2.05, 4.69) is 43.2 Å². The highest BCUT2D eigenvalue weighted by Crippen LogP contribution is 2.29. The van der Waals surface area contributed by atoms with Gasteiger partial charge in [-0.1, -0.05) is 30.3 Å². The van der Waals surface area contributed by atoms with Crippen LogP contribution >= 0.6 is 0 Å². The van der Waals surface area contributed by atoms with E-state index in [1.165, 1.54) is 0 Å². The fraction of sp³-hybridized carbons (Fsp3) is 0.208. The van der Waals surface area contributed by atoms with Gasteiger partial charge in [0.05, 0.1) is 10.6 Å².